The van der Waals surface area contributed by atoms with Gasteiger partial charge in [-0.2, -0.15) is 0 Å². The number of nitrogens with one attached hydrogen (secondary N) is 1. The first-order chi connectivity index (χ1) is 11.4. The van der Waals surface area contributed by atoms with Crippen LogP contribution in [0.5, 0.6) is 0 Å². The Morgan fingerprint density at radius 2 is 2.00 bits per heavy atom. The normalized spacial score (nSPS) is 24.4. The van der Waals surface area contributed by atoms with Gasteiger partial charge in [-0.3, -0.25) is 4.79 Å². The van der Waals surface area contributed by atoms with Gasteiger partial charge in [0.25, 0.3) is 5.91 Å². The lowest BCUT2D eigenvalue weighted by Crippen LogP contribution is -2.37. The number of hydrogen-bond acceptors (Lipinski definition) is 2. The standard InChI is InChI=1S/C19H27N3O2/c1-13-6-9-22(12-14(2)10-13)19(24)20-16-5-4-15-7-8-21(3)18(23)17(15)11-16/h4-5,11,13-14H,6-10,12H2,1-3H3,(H,20,24)/t13-,14-/m1/s1. The number of carbonyl (C=O) groups excluding carboxylic acids is 2. The highest BCUT2D eigenvalue weighted by Crippen LogP contribution is 2.24. The molecule has 0 aromatic heterocycles. The number of hydrogen-bond donors (Lipinski definition) is 1. The molecule has 0 unspecified atom stereocenters. The first-order valence-electron chi connectivity index (χ1n) is 8.88. The average molecular weight is 329 g/mol. The quantitative estimate of drug-likeness (QED) is 0.860. The van der Waals surface area contributed by atoms with E-state index in [2.05, 4.69) is 19.2 Å². The molecule has 0 saturated carbocycles. The zero-order chi connectivity index (χ0) is 17.3. The number of nitrogens with zero attached hydrogens (tertiary/aromatic N) is 2. The van der Waals surface area contributed by atoms with Crippen molar-refractivity contribution in [1.82, 2.24) is 9.80 Å². The first kappa shape index (κ1) is 16.8. The summed E-state index contributed by atoms with van der Waals surface area (Å²) in [5.41, 5.74) is 2.47. The van der Waals surface area contributed by atoms with Gasteiger partial charge in [0, 0.05) is 37.9 Å². The van der Waals surface area contributed by atoms with Gasteiger partial charge in [0.15, 0.2) is 0 Å². The van der Waals surface area contributed by atoms with Crippen molar-refractivity contribution in [2.75, 3.05) is 32.0 Å². The summed E-state index contributed by atoms with van der Waals surface area (Å²) in [7, 11) is 1.82. The molecule has 3 rings (SSSR count). The van der Waals surface area contributed by atoms with Gasteiger partial charge in [-0.15, -0.1) is 0 Å². The second-order valence-electron chi connectivity index (χ2n) is 7.46. The van der Waals surface area contributed by atoms with Crippen LogP contribution in [0.2, 0.25) is 0 Å². The highest BCUT2D eigenvalue weighted by molar-refractivity contribution is 5.99. The summed E-state index contributed by atoms with van der Waals surface area (Å²) in [6, 6.07) is 5.62. The maximum Gasteiger partial charge on any atom is 0.321 e. The van der Waals surface area contributed by atoms with Crippen LogP contribution >= 0.6 is 0 Å². The highest BCUT2D eigenvalue weighted by atomic mass is 16.2. The molecule has 1 aromatic carbocycles. The minimum Gasteiger partial charge on any atom is -0.341 e. The van der Waals surface area contributed by atoms with E-state index in [1.165, 1.54) is 6.42 Å². The summed E-state index contributed by atoms with van der Waals surface area (Å²) in [4.78, 5) is 28.5. The Hall–Kier alpha value is -2.04. The number of anilines is 1. The molecule has 130 valence electrons. The molecule has 2 aliphatic heterocycles. The Morgan fingerprint density at radius 3 is 2.79 bits per heavy atom. The predicted molar refractivity (Wildman–Crippen MR) is 95.3 cm³/mol. The molecule has 5 nitrogen and oxygen atoms in total. The number of carbonyl (C=O) groups is 2. The van der Waals surface area contributed by atoms with E-state index in [4.69, 9.17) is 0 Å². The zero-order valence-corrected chi connectivity index (χ0v) is 14.8. The number of rotatable bonds is 1. The molecule has 2 aliphatic rings. The van der Waals surface area contributed by atoms with E-state index < -0.39 is 0 Å². The number of benzene rings is 1. The van der Waals surface area contributed by atoms with Crippen LogP contribution in [0.15, 0.2) is 18.2 Å². The van der Waals surface area contributed by atoms with Crippen LogP contribution in [0.25, 0.3) is 0 Å². The summed E-state index contributed by atoms with van der Waals surface area (Å²) in [6.45, 7) is 6.80. The van der Waals surface area contributed by atoms with Gasteiger partial charge in [-0.25, -0.2) is 4.79 Å². The van der Waals surface area contributed by atoms with E-state index in [9.17, 15) is 9.59 Å². The maximum absolute atomic E-state index is 12.6. The third-order valence-electron chi connectivity index (χ3n) is 5.17. The van der Waals surface area contributed by atoms with Crippen molar-refractivity contribution in [3.8, 4) is 0 Å². The van der Waals surface area contributed by atoms with Crippen LogP contribution in [-0.4, -0.2) is 48.4 Å². The second-order valence-corrected chi connectivity index (χ2v) is 7.46. The van der Waals surface area contributed by atoms with Crippen molar-refractivity contribution >= 4 is 17.6 Å². The maximum atomic E-state index is 12.6. The Labute approximate surface area is 144 Å². The topological polar surface area (TPSA) is 52.7 Å². The van der Waals surface area contributed by atoms with E-state index >= 15 is 0 Å². The molecule has 2 atom stereocenters. The monoisotopic (exact) mass is 329 g/mol. The van der Waals surface area contributed by atoms with Crippen molar-refractivity contribution < 1.29 is 9.59 Å². The first-order valence-corrected chi connectivity index (χ1v) is 8.88. The predicted octanol–water partition coefficient (Wildman–Crippen LogP) is 3.21. The molecular weight excluding hydrogens is 302 g/mol. The lowest BCUT2D eigenvalue weighted by atomic mass is 9.97. The molecule has 24 heavy (non-hydrogen) atoms. The van der Waals surface area contributed by atoms with Crippen molar-refractivity contribution in [2.24, 2.45) is 11.8 Å². The van der Waals surface area contributed by atoms with E-state index in [0.717, 1.165) is 38.0 Å². The number of fused-ring (bicyclic) bond motifs is 1. The summed E-state index contributed by atoms with van der Waals surface area (Å²) in [5.74, 6) is 1.21. The molecule has 1 saturated heterocycles. The SMILES string of the molecule is C[C@@H]1CCN(C(=O)Nc2ccc3c(c2)C(=O)N(C)CC3)C[C@H](C)C1. The Bertz CT molecular complexity index is 643. The Kier molecular flexibility index (Phi) is 4.78. The number of urea groups is 1. The molecule has 1 aromatic rings. The molecule has 0 radical (unpaired) electrons. The van der Waals surface area contributed by atoms with Gasteiger partial charge in [-0.1, -0.05) is 19.9 Å². The minimum atomic E-state index is -0.0625. The van der Waals surface area contributed by atoms with E-state index in [-0.39, 0.29) is 11.9 Å². The highest BCUT2D eigenvalue weighted by Gasteiger charge is 2.24. The largest absolute Gasteiger partial charge is 0.341 e. The van der Waals surface area contributed by atoms with Crippen LogP contribution in [0, 0.1) is 11.8 Å². The Balaban J connectivity index is 1.72. The third-order valence-corrected chi connectivity index (χ3v) is 5.17. The molecule has 1 N–H and O–H groups in total. The summed E-state index contributed by atoms with van der Waals surface area (Å²) in [6.07, 6.45) is 3.09. The van der Waals surface area contributed by atoms with Gasteiger partial charge in [0.2, 0.25) is 0 Å². The molecular formula is C19H27N3O2. The van der Waals surface area contributed by atoms with Crippen LogP contribution in [0.1, 0.15) is 42.6 Å². The van der Waals surface area contributed by atoms with Gasteiger partial charge >= 0.3 is 6.03 Å². The Morgan fingerprint density at radius 1 is 1.21 bits per heavy atom. The molecule has 0 spiro atoms. The fourth-order valence-corrected chi connectivity index (χ4v) is 3.78. The van der Waals surface area contributed by atoms with Gasteiger partial charge < -0.3 is 15.1 Å². The lowest BCUT2D eigenvalue weighted by molar-refractivity contribution is 0.0781. The summed E-state index contributed by atoms with van der Waals surface area (Å²) < 4.78 is 0. The molecule has 0 bridgehead atoms. The van der Waals surface area contributed by atoms with E-state index in [1.54, 1.807) is 4.90 Å². The molecule has 2 heterocycles. The number of amides is 3. The van der Waals surface area contributed by atoms with Crippen LogP contribution < -0.4 is 5.32 Å². The smallest absolute Gasteiger partial charge is 0.321 e. The summed E-state index contributed by atoms with van der Waals surface area (Å²) in [5, 5.41) is 2.98. The van der Waals surface area contributed by atoms with Gasteiger partial charge in [0.05, 0.1) is 0 Å². The fraction of sp³-hybridized carbons (Fsp3) is 0.579. The number of likely N-dealkylation sites (N-methyl/N-ethyl adjacent to an activating group) is 1. The molecule has 5 heteroatoms. The minimum absolute atomic E-state index is 0.0320. The van der Waals surface area contributed by atoms with Crippen LogP contribution in [0.3, 0.4) is 0 Å². The van der Waals surface area contributed by atoms with Crippen LogP contribution in [-0.2, 0) is 6.42 Å². The van der Waals surface area contributed by atoms with Crippen molar-refractivity contribution in [3.05, 3.63) is 29.3 Å². The molecule has 0 aliphatic carbocycles. The van der Waals surface area contributed by atoms with E-state index in [0.29, 0.717) is 23.1 Å². The average Bonchev–Trinajstić information content (AvgIpc) is 2.72. The van der Waals surface area contributed by atoms with Gasteiger partial charge in [0.1, 0.15) is 0 Å². The number of likely N-dealkylation sites (tertiary alicyclic amines) is 1. The van der Waals surface area contributed by atoms with Crippen molar-refractivity contribution in [3.63, 3.8) is 0 Å². The third kappa shape index (κ3) is 3.55. The second kappa shape index (κ2) is 6.83. The zero-order valence-electron chi connectivity index (χ0n) is 14.8. The molecule has 3 amide bonds. The van der Waals surface area contributed by atoms with E-state index in [1.807, 2.05) is 30.1 Å². The summed E-state index contributed by atoms with van der Waals surface area (Å²) >= 11 is 0. The van der Waals surface area contributed by atoms with Crippen LogP contribution in [0.4, 0.5) is 10.5 Å². The molecule has 1 fully saturated rings. The fourth-order valence-electron chi connectivity index (χ4n) is 3.78. The van der Waals surface area contributed by atoms with Gasteiger partial charge in [-0.05, 0) is 48.8 Å². The van der Waals surface area contributed by atoms with Crippen molar-refractivity contribution in [1.29, 1.82) is 0 Å². The van der Waals surface area contributed by atoms with Crippen molar-refractivity contribution in [2.45, 2.75) is 33.1 Å². The lowest BCUT2D eigenvalue weighted by Gasteiger charge is -2.26.